The molecular weight excluding hydrogens is 144 g/mol. The lowest BCUT2D eigenvalue weighted by molar-refractivity contribution is -0.237. The highest BCUT2D eigenvalue weighted by molar-refractivity contribution is 4.92. The molecule has 0 aromatic carbocycles. The molecule has 0 aromatic rings. The monoisotopic (exact) mass is 158 g/mol. The fourth-order valence-corrected chi connectivity index (χ4v) is 1.82. The summed E-state index contributed by atoms with van der Waals surface area (Å²) in [6.45, 7) is 2.53. The highest BCUT2D eigenvalue weighted by atomic mass is 16.6. The Bertz CT molecular complexity index is 142. The third kappa shape index (κ3) is 1.28. The normalized spacial score (nSPS) is 35.2. The van der Waals surface area contributed by atoms with Gasteiger partial charge in [-0.2, -0.15) is 0 Å². The fourth-order valence-electron chi connectivity index (χ4n) is 1.82. The van der Waals surface area contributed by atoms with Gasteiger partial charge < -0.3 is 14.6 Å². The van der Waals surface area contributed by atoms with Crippen molar-refractivity contribution in [2.45, 2.75) is 18.4 Å². The Morgan fingerprint density at radius 2 is 2.27 bits per heavy atom. The van der Waals surface area contributed by atoms with Crippen LogP contribution in [0, 0.1) is 5.92 Å². The van der Waals surface area contributed by atoms with Crippen molar-refractivity contribution >= 4 is 0 Å². The van der Waals surface area contributed by atoms with E-state index < -0.39 is 0 Å². The largest absolute Gasteiger partial charge is 0.396 e. The number of hydrogen-bond donors (Lipinski definition) is 1. The Kier molecular flexibility index (Phi) is 1.87. The summed E-state index contributed by atoms with van der Waals surface area (Å²) in [5.41, 5.74) is -0.00829. The van der Waals surface area contributed by atoms with Crippen LogP contribution in [0.4, 0.5) is 0 Å². The third-order valence-electron chi connectivity index (χ3n) is 2.58. The first kappa shape index (κ1) is 7.53. The van der Waals surface area contributed by atoms with Crippen LogP contribution in [0.5, 0.6) is 0 Å². The lowest BCUT2D eigenvalue weighted by Gasteiger charge is -2.46. The van der Waals surface area contributed by atoms with Gasteiger partial charge in [-0.3, -0.25) is 0 Å². The van der Waals surface area contributed by atoms with E-state index in [-0.39, 0.29) is 5.60 Å². The molecule has 2 aliphatic rings. The minimum absolute atomic E-state index is 0.00829. The first-order chi connectivity index (χ1) is 5.35. The van der Waals surface area contributed by atoms with Crippen LogP contribution in [0.15, 0.2) is 0 Å². The molecule has 11 heavy (non-hydrogen) atoms. The first-order valence-corrected chi connectivity index (χ1v) is 4.17. The van der Waals surface area contributed by atoms with Crippen LogP contribution < -0.4 is 0 Å². The van der Waals surface area contributed by atoms with Gasteiger partial charge in [0.1, 0.15) is 5.60 Å². The van der Waals surface area contributed by atoms with E-state index in [0.29, 0.717) is 12.5 Å². The van der Waals surface area contributed by atoms with Gasteiger partial charge in [-0.15, -0.1) is 0 Å². The molecule has 2 heterocycles. The molecular formula is C8H14O3. The fraction of sp³-hybridized carbons (Fsp3) is 1.00. The van der Waals surface area contributed by atoms with Crippen molar-refractivity contribution < 1.29 is 14.6 Å². The van der Waals surface area contributed by atoms with Gasteiger partial charge in [-0.05, 0) is 18.8 Å². The molecule has 0 aromatic heterocycles. The minimum Gasteiger partial charge on any atom is -0.396 e. The Labute approximate surface area is 66.3 Å². The van der Waals surface area contributed by atoms with Gasteiger partial charge in [0.05, 0.1) is 13.2 Å². The van der Waals surface area contributed by atoms with E-state index in [0.717, 1.165) is 32.7 Å². The van der Waals surface area contributed by atoms with E-state index in [1.54, 1.807) is 0 Å². The third-order valence-corrected chi connectivity index (χ3v) is 2.58. The highest BCUT2D eigenvalue weighted by Crippen LogP contribution is 2.34. The first-order valence-electron chi connectivity index (χ1n) is 4.17. The van der Waals surface area contributed by atoms with E-state index in [2.05, 4.69) is 0 Å². The van der Waals surface area contributed by atoms with Gasteiger partial charge in [-0.1, -0.05) is 0 Å². The Balaban J connectivity index is 1.92. The van der Waals surface area contributed by atoms with Crippen LogP contribution in [-0.4, -0.2) is 37.1 Å². The van der Waals surface area contributed by atoms with Gasteiger partial charge in [0.2, 0.25) is 0 Å². The molecule has 0 saturated carbocycles. The zero-order valence-electron chi connectivity index (χ0n) is 6.58. The number of hydrogen-bond acceptors (Lipinski definition) is 3. The summed E-state index contributed by atoms with van der Waals surface area (Å²) >= 11 is 0. The average Bonchev–Trinajstić information content (AvgIpc) is 2.02. The molecule has 64 valence electrons. The van der Waals surface area contributed by atoms with Crippen LogP contribution >= 0.6 is 0 Å². The van der Waals surface area contributed by atoms with Crippen molar-refractivity contribution in [1.82, 2.24) is 0 Å². The quantitative estimate of drug-likeness (QED) is 0.591. The molecule has 2 fully saturated rings. The SMILES string of the molecule is OCC1CCOC2(COC2)C1. The maximum atomic E-state index is 8.95. The van der Waals surface area contributed by atoms with E-state index in [9.17, 15) is 0 Å². The van der Waals surface area contributed by atoms with E-state index in [1.807, 2.05) is 0 Å². The molecule has 0 radical (unpaired) electrons. The van der Waals surface area contributed by atoms with Gasteiger partial charge in [0.15, 0.2) is 0 Å². The number of rotatable bonds is 1. The number of aliphatic hydroxyl groups excluding tert-OH is 1. The maximum Gasteiger partial charge on any atom is 0.115 e. The van der Waals surface area contributed by atoms with Gasteiger partial charge >= 0.3 is 0 Å². The van der Waals surface area contributed by atoms with Gasteiger partial charge in [0, 0.05) is 13.2 Å². The summed E-state index contributed by atoms with van der Waals surface area (Å²) in [5.74, 6) is 0.438. The molecule has 3 nitrogen and oxygen atoms in total. The molecule has 1 spiro atoms. The lowest BCUT2D eigenvalue weighted by atomic mass is 9.85. The van der Waals surface area contributed by atoms with E-state index >= 15 is 0 Å². The van der Waals surface area contributed by atoms with E-state index in [1.165, 1.54) is 0 Å². The second-order valence-corrected chi connectivity index (χ2v) is 3.57. The second kappa shape index (κ2) is 2.73. The van der Waals surface area contributed by atoms with Crippen molar-refractivity contribution in [3.63, 3.8) is 0 Å². The van der Waals surface area contributed by atoms with Crippen molar-refractivity contribution in [2.24, 2.45) is 5.92 Å². The smallest absolute Gasteiger partial charge is 0.115 e. The van der Waals surface area contributed by atoms with Crippen LogP contribution in [0.2, 0.25) is 0 Å². The summed E-state index contributed by atoms with van der Waals surface area (Å²) in [6, 6.07) is 0. The molecule has 2 saturated heterocycles. The molecule has 1 N–H and O–H groups in total. The van der Waals surface area contributed by atoms with Crippen LogP contribution in [0.1, 0.15) is 12.8 Å². The minimum atomic E-state index is -0.00829. The second-order valence-electron chi connectivity index (χ2n) is 3.57. The Hall–Kier alpha value is -0.120. The highest BCUT2D eigenvalue weighted by Gasteiger charge is 2.43. The topological polar surface area (TPSA) is 38.7 Å². The lowest BCUT2D eigenvalue weighted by Crippen LogP contribution is -2.55. The molecule has 0 aliphatic carbocycles. The van der Waals surface area contributed by atoms with Crippen molar-refractivity contribution in [1.29, 1.82) is 0 Å². The molecule has 3 heteroatoms. The van der Waals surface area contributed by atoms with Crippen LogP contribution in [0.25, 0.3) is 0 Å². The zero-order valence-corrected chi connectivity index (χ0v) is 6.58. The van der Waals surface area contributed by atoms with Gasteiger partial charge in [-0.25, -0.2) is 0 Å². The Morgan fingerprint density at radius 1 is 1.45 bits per heavy atom. The van der Waals surface area contributed by atoms with Crippen LogP contribution in [0.3, 0.4) is 0 Å². The Morgan fingerprint density at radius 3 is 2.82 bits per heavy atom. The summed E-state index contributed by atoms with van der Waals surface area (Å²) in [6.07, 6.45) is 1.97. The van der Waals surface area contributed by atoms with Crippen LogP contribution in [-0.2, 0) is 9.47 Å². The summed E-state index contributed by atoms with van der Waals surface area (Å²) in [4.78, 5) is 0. The molecule has 0 bridgehead atoms. The maximum absolute atomic E-state index is 8.95. The number of aliphatic hydroxyl groups is 1. The summed E-state index contributed by atoms with van der Waals surface area (Å²) in [5, 5.41) is 8.95. The molecule has 1 unspecified atom stereocenters. The molecule has 2 aliphatic heterocycles. The molecule has 2 rings (SSSR count). The predicted molar refractivity (Wildman–Crippen MR) is 39.3 cm³/mol. The summed E-state index contributed by atoms with van der Waals surface area (Å²) < 4.78 is 10.7. The summed E-state index contributed by atoms with van der Waals surface area (Å²) in [7, 11) is 0. The van der Waals surface area contributed by atoms with Crippen molar-refractivity contribution in [2.75, 3.05) is 26.4 Å². The standard InChI is InChI=1S/C8H14O3/c9-4-7-1-2-11-8(3-7)5-10-6-8/h7,9H,1-6H2. The zero-order chi connectivity index (χ0) is 7.73. The molecule has 1 atom stereocenters. The number of ether oxygens (including phenoxy) is 2. The van der Waals surface area contributed by atoms with E-state index in [4.69, 9.17) is 14.6 Å². The van der Waals surface area contributed by atoms with Crippen molar-refractivity contribution in [3.05, 3.63) is 0 Å². The average molecular weight is 158 g/mol. The predicted octanol–water partition coefficient (Wildman–Crippen LogP) is 0.174. The van der Waals surface area contributed by atoms with Gasteiger partial charge in [0.25, 0.3) is 0 Å². The van der Waals surface area contributed by atoms with Crippen molar-refractivity contribution in [3.8, 4) is 0 Å². The molecule has 0 amide bonds.